The first-order valence-corrected chi connectivity index (χ1v) is 7.22. The Morgan fingerprint density at radius 2 is 2.00 bits per heavy atom. The minimum atomic E-state index is -0.497. The number of benzene rings is 2. The van der Waals surface area contributed by atoms with Crippen LogP contribution in [-0.4, -0.2) is 17.2 Å². The molecule has 23 heavy (non-hydrogen) atoms. The lowest BCUT2D eigenvalue weighted by molar-refractivity contribution is 0.200. The van der Waals surface area contributed by atoms with Crippen LogP contribution in [0.4, 0.5) is 4.79 Å². The average Bonchev–Trinajstić information content (AvgIpc) is 2.82. The van der Waals surface area contributed by atoms with Crippen molar-refractivity contribution in [1.29, 1.82) is 0 Å². The van der Waals surface area contributed by atoms with Crippen molar-refractivity contribution in [3.05, 3.63) is 64.6 Å². The van der Waals surface area contributed by atoms with Gasteiger partial charge in [-0.1, -0.05) is 24.3 Å². The second kappa shape index (κ2) is 6.39. The van der Waals surface area contributed by atoms with Crippen molar-refractivity contribution in [3.8, 4) is 5.75 Å². The molecule has 0 spiro atoms. The SMILES string of the molecule is Cn1c(=O)oc2cc(CCNC(=O)Oc3ccccc3)ccc21. The van der Waals surface area contributed by atoms with Gasteiger partial charge in [0.05, 0.1) is 5.52 Å². The normalized spacial score (nSPS) is 10.7. The molecule has 0 aliphatic heterocycles. The highest BCUT2D eigenvalue weighted by Crippen LogP contribution is 2.14. The molecule has 2 aromatic carbocycles. The predicted octanol–water partition coefficient (Wildman–Crippen LogP) is 2.46. The van der Waals surface area contributed by atoms with Gasteiger partial charge in [-0.25, -0.2) is 9.59 Å². The van der Waals surface area contributed by atoms with Gasteiger partial charge in [0.15, 0.2) is 5.58 Å². The van der Waals surface area contributed by atoms with E-state index in [0.29, 0.717) is 24.3 Å². The molecule has 6 heteroatoms. The van der Waals surface area contributed by atoms with Crippen molar-refractivity contribution in [2.45, 2.75) is 6.42 Å². The van der Waals surface area contributed by atoms with Crippen LogP contribution in [0.2, 0.25) is 0 Å². The molecule has 0 saturated heterocycles. The van der Waals surface area contributed by atoms with Gasteiger partial charge in [0.2, 0.25) is 0 Å². The number of aryl methyl sites for hydroxylation is 1. The van der Waals surface area contributed by atoms with E-state index in [-0.39, 0.29) is 5.76 Å². The Kier molecular flexibility index (Phi) is 4.14. The van der Waals surface area contributed by atoms with Gasteiger partial charge < -0.3 is 14.5 Å². The van der Waals surface area contributed by atoms with Gasteiger partial charge in [-0.15, -0.1) is 0 Å². The number of fused-ring (bicyclic) bond motifs is 1. The number of ether oxygens (including phenoxy) is 1. The van der Waals surface area contributed by atoms with E-state index in [1.165, 1.54) is 4.57 Å². The summed E-state index contributed by atoms with van der Waals surface area (Å²) in [5.41, 5.74) is 2.25. The van der Waals surface area contributed by atoms with Crippen molar-refractivity contribution in [2.24, 2.45) is 7.05 Å². The zero-order valence-corrected chi connectivity index (χ0v) is 12.6. The molecule has 118 valence electrons. The van der Waals surface area contributed by atoms with Crippen LogP contribution in [0.3, 0.4) is 0 Å². The fourth-order valence-corrected chi connectivity index (χ4v) is 2.27. The Morgan fingerprint density at radius 1 is 1.22 bits per heavy atom. The number of carbonyl (C=O) groups is 1. The minimum Gasteiger partial charge on any atom is -0.410 e. The van der Waals surface area contributed by atoms with E-state index < -0.39 is 6.09 Å². The molecule has 0 saturated carbocycles. The second-order valence-corrected chi connectivity index (χ2v) is 5.11. The lowest BCUT2D eigenvalue weighted by atomic mass is 10.1. The summed E-state index contributed by atoms with van der Waals surface area (Å²) in [6, 6.07) is 14.4. The molecule has 0 fully saturated rings. The maximum absolute atomic E-state index is 11.7. The third kappa shape index (κ3) is 3.42. The Balaban J connectivity index is 1.56. The van der Waals surface area contributed by atoms with E-state index in [2.05, 4.69) is 5.32 Å². The number of rotatable bonds is 4. The second-order valence-electron chi connectivity index (χ2n) is 5.11. The maximum atomic E-state index is 11.7. The summed E-state index contributed by atoms with van der Waals surface area (Å²) in [6.45, 7) is 0.425. The summed E-state index contributed by atoms with van der Waals surface area (Å²) in [5, 5.41) is 2.69. The standard InChI is InChI=1S/C17H16N2O4/c1-19-14-8-7-12(11-15(14)23-17(19)21)9-10-18-16(20)22-13-5-3-2-4-6-13/h2-8,11H,9-10H2,1H3,(H,18,20). The van der Waals surface area contributed by atoms with Crippen molar-refractivity contribution in [2.75, 3.05) is 6.54 Å². The fraction of sp³-hybridized carbons (Fsp3) is 0.176. The van der Waals surface area contributed by atoms with E-state index in [1.54, 1.807) is 37.4 Å². The number of nitrogens with one attached hydrogen (secondary N) is 1. The van der Waals surface area contributed by atoms with Crippen LogP contribution in [0.1, 0.15) is 5.56 Å². The predicted molar refractivity (Wildman–Crippen MR) is 85.6 cm³/mol. The van der Waals surface area contributed by atoms with Crippen LogP contribution in [0.25, 0.3) is 11.1 Å². The maximum Gasteiger partial charge on any atom is 0.419 e. The number of para-hydroxylation sites is 1. The highest BCUT2D eigenvalue weighted by molar-refractivity contribution is 5.73. The van der Waals surface area contributed by atoms with E-state index in [9.17, 15) is 9.59 Å². The Morgan fingerprint density at radius 3 is 2.78 bits per heavy atom. The number of oxazole rings is 1. The molecular weight excluding hydrogens is 296 g/mol. The van der Waals surface area contributed by atoms with Crippen LogP contribution >= 0.6 is 0 Å². The number of amides is 1. The van der Waals surface area contributed by atoms with Gasteiger partial charge >= 0.3 is 11.8 Å². The number of hydrogen-bond acceptors (Lipinski definition) is 4. The zero-order chi connectivity index (χ0) is 16.2. The smallest absolute Gasteiger partial charge is 0.410 e. The van der Waals surface area contributed by atoms with Crippen molar-refractivity contribution >= 4 is 17.2 Å². The topological polar surface area (TPSA) is 73.5 Å². The van der Waals surface area contributed by atoms with Gasteiger partial charge in [0.25, 0.3) is 0 Å². The number of aromatic nitrogens is 1. The van der Waals surface area contributed by atoms with E-state index in [1.807, 2.05) is 18.2 Å². The third-order valence-electron chi connectivity index (χ3n) is 3.49. The lowest BCUT2D eigenvalue weighted by Gasteiger charge is -2.06. The van der Waals surface area contributed by atoms with Crippen LogP contribution in [0, 0.1) is 0 Å². The number of carbonyl (C=O) groups excluding carboxylic acids is 1. The number of hydrogen-bond donors (Lipinski definition) is 1. The molecule has 0 aliphatic carbocycles. The van der Waals surface area contributed by atoms with Gasteiger partial charge in [-0.2, -0.15) is 0 Å². The molecule has 0 aliphatic rings. The van der Waals surface area contributed by atoms with Crippen LogP contribution in [-0.2, 0) is 13.5 Å². The summed E-state index contributed by atoms with van der Waals surface area (Å²) in [6.07, 6.45) is 0.113. The number of nitrogens with zero attached hydrogens (tertiary/aromatic N) is 1. The molecule has 1 amide bonds. The summed E-state index contributed by atoms with van der Waals surface area (Å²) < 4.78 is 11.7. The molecule has 1 aromatic heterocycles. The Labute approximate surface area is 132 Å². The molecule has 3 rings (SSSR count). The molecule has 0 unspecified atom stereocenters. The first kappa shape index (κ1) is 14.9. The van der Waals surface area contributed by atoms with Crippen molar-refractivity contribution in [3.63, 3.8) is 0 Å². The van der Waals surface area contributed by atoms with Gasteiger partial charge in [0.1, 0.15) is 5.75 Å². The molecule has 0 bridgehead atoms. The fourth-order valence-electron chi connectivity index (χ4n) is 2.27. The molecule has 0 atom stereocenters. The monoisotopic (exact) mass is 312 g/mol. The third-order valence-corrected chi connectivity index (χ3v) is 3.49. The van der Waals surface area contributed by atoms with Gasteiger partial charge in [-0.05, 0) is 36.2 Å². The molecule has 0 radical (unpaired) electrons. The van der Waals surface area contributed by atoms with E-state index >= 15 is 0 Å². The van der Waals surface area contributed by atoms with E-state index in [4.69, 9.17) is 9.15 Å². The zero-order valence-electron chi connectivity index (χ0n) is 12.6. The largest absolute Gasteiger partial charge is 0.419 e. The molecule has 1 N–H and O–H groups in total. The lowest BCUT2D eigenvalue weighted by Crippen LogP contribution is -2.28. The van der Waals surface area contributed by atoms with Gasteiger partial charge in [0, 0.05) is 13.6 Å². The van der Waals surface area contributed by atoms with Crippen LogP contribution in [0.5, 0.6) is 5.75 Å². The van der Waals surface area contributed by atoms with Crippen molar-refractivity contribution < 1.29 is 13.9 Å². The highest BCUT2D eigenvalue weighted by Gasteiger charge is 2.07. The quantitative estimate of drug-likeness (QED) is 0.803. The summed E-state index contributed by atoms with van der Waals surface area (Å²) >= 11 is 0. The summed E-state index contributed by atoms with van der Waals surface area (Å²) in [5.74, 6) is 0.110. The van der Waals surface area contributed by atoms with Crippen molar-refractivity contribution in [1.82, 2.24) is 9.88 Å². The summed E-state index contributed by atoms with van der Waals surface area (Å²) in [4.78, 5) is 23.1. The van der Waals surface area contributed by atoms with E-state index in [0.717, 1.165) is 11.1 Å². The van der Waals surface area contributed by atoms with Crippen LogP contribution < -0.4 is 15.8 Å². The average molecular weight is 312 g/mol. The molecule has 1 heterocycles. The van der Waals surface area contributed by atoms with Gasteiger partial charge in [-0.3, -0.25) is 4.57 Å². The first-order chi connectivity index (χ1) is 11.1. The molecular formula is C17H16N2O4. The first-order valence-electron chi connectivity index (χ1n) is 7.22. The van der Waals surface area contributed by atoms with Crippen LogP contribution in [0.15, 0.2) is 57.7 Å². The molecule has 3 aromatic rings. The Bertz CT molecular complexity index is 880. The minimum absolute atomic E-state index is 0.387. The molecule has 6 nitrogen and oxygen atoms in total. The Hall–Kier alpha value is -3.02. The summed E-state index contributed by atoms with van der Waals surface area (Å²) in [7, 11) is 1.66. The highest BCUT2D eigenvalue weighted by atomic mass is 16.6.